The minimum Gasteiger partial charge on any atom is -0.337 e. The summed E-state index contributed by atoms with van der Waals surface area (Å²) in [4.78, 5) is 11.9. The van der Waals surface area contributed by atoms with Gasteiger partial charge in [-0.25, -0.2) is 9.97 Å². The van der Waals surface area contributed by atoms with E-state index in [0.29, 0.717) is 26.7 Å². The van der Waals surface area contributed by atoms with Crippen molar-refractivity contribution in [3.63, 3.8) is 0 Å². The van der Waals surface area contributed by atoms with Gasteiger partial charge in [-0.15, -0.1) is 0 Å². The molecule has 0 spiro atoms. The lowest BCUT2D eigenvalue weighted by Gasteiger charge is -2.32. The van der Waals surface area contributed by atoms with Crippen LogP contribution in [-0.2, 0) is 0 Å². The molecular formula is C20H22Cl3N3. The SMILES string of the molecule is CCCN(c1nccc(-c2c(Cl)cc(Cl)cc2Cl)n1)C(C1CC1)C1CC1. The third-order valence-electron chi connectivity index (χ3n) is 5.20. The summed E-state index contributed by atoms with van der Waals surface area (Å²) in [6.45, 7) is 3.18. The predicted molar refractivity (Wildman–Crippen MR) is 109 cm³/mol. The Hall–Kier alpha value is -1.03. The second-order valence-corrected chi connectivity index (χ2v) is 8.60. The highest BCUT2D eigenvalue weighted by Gasteiger charge is 2.45. The van der Waals surface area contributed by atoms with E-state index in [4.69, 9.17) is 39.8 Å². The lowest BCUT2D eigenvalue weighted by atomic mass is 10.1. The Morgan fingerprint density at radius 2 is 1.69 bits per heavy atom. The summed E-state index contributed by atoms with van der Waals surface area (Å²) in [6.07, 6.45) is 8.20. The minimum atomic E-state index is 0.509. The highest BCUT2D eigenvalue weighted by Crippen LogP contribution is 2.48. The molecule has 0 radical (unpaired) electrons. The van der Waals surface area contributed by atoms with Crippen LogP contribution >= 0.6 is 34.8 Å². The summed E-state index contributed by atoms with van der Waals surface area (Å²) in [5.74, 6) is 2.38. The molecule has 0 aliphatic heterocycles. The van der Waals surface area contributed by atoms with Gasteiger partial charge in [0.25, 0.3) is 0 Å². The number of anilines is 1. The number of rotatable bonds is 7. The number of benzene rings is 1. The first-order valence-electron chi connectivity index (χ1n) is 9.33. The zero-order valence-electron chi connectivity index (χ0n) is 14.8. The van der Waals surface area contributed by atoms with Crippen LogP contribution in [0.4, 0.5) is 5.95 Å². The Labute approximate surface area is 169 Å². The van der Waals surface area contributed by atoms with Crippen molar-refractivity contribution in [2.75, 3.05) is 11.4 Å². The average Bonchev–Trinajstić information content (AvgIpc) is 3.48. The molecule has 0 N–H and O–H groups in total. The molecule has 4 rings (SSSR count). The number of nitrogens with zero attached hydrogens (tertiary/aromatic N) is 3. The molecule has 6 heteroatoms. The Bertz CT molecular complexity index is 768. The fraction of sp³-hybridized carbons (Fsp3) is 0.500. The van der Waals surface area contributed by atoms with E-state index in [1.807, 2.05) is 6.07 Å². The third-order valence-corrected chi connectivity index (χ3v) is 6.01. The smallest absolute Gasteiger partial charge is 0.226 e. The molecule has 2 aromatic rings. The molecule has 0 bridgehead atoms. The first-order valence-corrected chi connectivity index (χ1v) is 10.5. The van der Waals surface area contributed by atoms with Gasteiger partial charge in [0.15, 0.2) is 0 Å². The molecular weight excluding hydrogens is 389 g/mol. The van der Waals surface area contributed by atoms with Crippen molar-refractivity contribution in [3.05, 3.63) is 39.5 Å². The van der Waals surface area contributed by atoms with Crippen molar-refractivity contribution in [1.82, 2.24) is 9.97 Å². The largest absolute Gasteiger partial charge is 0.337 e. The maximum absolute atomic E-state index is 6.40. The van der Waals surface area contributed by atoms with Crippen LogP contribution in [0.15, 0.2) is 24.4 Å². The lowest BCUT2D eigenvalue weighted by Crippen LogP contribution is -2.40. The van der Waals surface area contributed by atoms with Crippen LogP contribution in [0.25, 0.3) is 11.3 Å². The van der Waals surface area contributed by atoms with E-state index in [-0.39, 0.29) is 0 Å². The molecule has 26 heavy (non-hydrogen) atoms. The zero-order valence-corrected chi connectivity index (χ0v) is 17.0. The summed E-state index contributed by atoms with van der Waals surface area (Å²) in [5, 5.41) is 1.54. The number of halogens is 3. The molecule has 2 aliphatic rings. The van der Waals surface area contributed by atoms with Crippen molar-refractivity contribution in [3.8, 4) is 11.3 Å². The first kappa shape index (κ1) is 18.3. The fourth-order valence-corrected chi connectivity index (χ4v) is 4.82. The van der Waals surface area contributed by atoms with Gasteiger partial charge in [-0.05, 0) is 62.1 Å². The molecule has 2 fully saturated rings. The summed E-state index contributed by atoms with van der Waals surface area (Å²) >= 11 is 18.9. The molecule has 1 heterocycles. The van der Waals surface area contributed by atoms with Gasteiger partial charge in [0.1, 0.15) is 0 Å². The highest BCUT2D eigenvalue weighted by atomic mass is 35.5. The molecule has 1 aromatic carbocycles. The van der Waals surface area contributed by atoms with Crippen molar-refractivity contribution < 1.29 is 0 Å². The molecule has 0 atom stereocenters. The molecule has 1 aromatic heterocycles. The van der Waals surface area contributed by atoms with Crippen molar-refractivity contribution >= 4 is 40.8 Å². The maximum Gasteiger partial charge on any atom is 0.226 e. The van der Waals surface area contributed by atoms with Crippen LogP contribution in [0.1, 0.15) is 39.0 Å². The Morgan fingerprint density at radius 1 is 1.08 bits per heavy atom. The van der Waals surface area contributed by atoms with E-state index < -0.39 is 0 Å². The summed E-state index contributed by atoms with van der Waals surface area (Å²) in [7, 11) is 0. The molecule has 2 aliphatic carbocycles. The molecule has 3 nitrogen and oxygen atoms in total. The van der Waals surface area contributed by atoms with Gasteiger partial charge < -0.3 is 4.90 Å². The standard InChI is InChI=1S/C20H22Cl3N3/c1-2-9-26(19(12-3-4-12)13-5-6-13)20-24-8-7-17(25-20)18-15(22)10-14(21)11-16(18)23/h7-8,10-13,19H,2-6,9H2,1H3. The molecule has 138 valence electrons. The van der Waals surface area contributed by atoms with Gasteiger partial charge in [0, 0.05) is 29.4 Å². The van der Waals surface area contributed by atoms with Crippen molar-refractivity contribution in [2.24, 2.45) is 11.8 Å². The lowest BCUT2D eigenvalue weighted by molar-refractivity contribution is 0.469. The molecule has 0 unspecified atom stereocenters. The molecule has 2 saturated carbocycles. The predicted octanol–water partition coefficient (Wildman–Crippen LogP) is 6.51. The third kappa shape index (κ3) is 3.81. The van der Waals surface area contributed by atoms with Gasteiger partial charge >= 0.3 is 0 Å². The van der Waals surface area contributed by atoms with Crippen LogP contribution in [-0.4, -0.2) is 22.6 Å². The van der Waals surface area contributed by atoms with Crippen LogP contribution in [0, 0.1) is 11.8 Å². The second kappa shape index (κ2) is 7.53. The van der Waals surface area contributed by atoms with E-state index in [2.05, 4.69) is 16.8 Å². The van der Waals surface area contributed by atoms with E-state index in [1.54, 1.807) is 18.3 Å². The quantitative estimate of drug-likeness (QED) is 0.521. The van der Waals surface area contributed by atoms with Crippen LogP contribution in [0.2, 0.25) is 15.1 Å². The van der Waals surface area contributed by atoms with Crippen LogP contribution < -0.4 is 4.90 Å². The molecule has 0 amide bonds. The topological polar surface area (TPSA) is 29.0 Å². The monoisotopic (exact) mass is 409 g/mol. The number of hydrogen-bond donors (Lipinski definition) is 0. The minimum absolute atomic E-state index is 0.509. The summed E-state index contributed by atoms with van der Waals surface area (Å²) < 4.78 is 0. The average molecular weight is 411 g/mol. The van der Waals surface area contributed by atoms with Gasteiger partial charge in [0.2, 0.25) is 5.95 Å². The number of hydrogen-bond acceptors (Lipinski definition) is 3. The maximum atomic E-state index is 6.40. The normalized spacial score (nSPS) is 17.0. The zero-order chi connectivity index (χ0) is 18.3. The Balaban J connectivity index is 1.72. The fourth-order valence-electron chi connectivity index (χ4n) is 3.81. The van der Waals surface area contributed by atoms with Gasteiger partial charge in [-0.2, -0.15) is 0 Å². The van der Waals surface area contributed by atoms with Crippen molar-refractivity contribution in [1.29, 1.82) is 0 Å². The van der Waals surface area contributed by atoms with Crippen LogP contribution in [0.5, 0.6) is 0 Å². The highest BCUT2D eigenvalue weighted by molar-refractivity contribution is 6.41. The van der Waals surface area contributed by atoms with Gasteiger partial charge in [-0.1, -0.05) is 41.7 Å². The van der Waals surface area contributed by atoms with E-state index in [9.17, 15) is 0 Å². The Morgan fingerprint density at radius 3 is 2.23 bits per heavy atom. The summed E-state index contributed by atoms with van der Waals surface area (Å²) in [6, 6.07) is 5.83. The molecule has 0 saturated heterocycles. The Kier molecular flexibility index (Phi) is 5.31. The van der Waals surface area contributed by atoms with E-state index in [1.165, 1.54) is 25.7 Å². The van der Waals surface area contributed by atoms with E-state index in [0.717, 1.165) is 36.4 Å². The van der Waals surface area contributed by atoms with Crippen molar-refractivity contribution in [2.45, 2.75) is 45.1 Å². The van der Waals surface area contributed by atoms with Crippen LogP contribution in [0.3, 0.4) is 0 Å². The summed E-state index contributed by atoms with van der Waals surface area (Å²) in [5.41, 5.74) is 1.46. The second-order valence-electron chi connectivity index (χ2n) is 7.35. The van der Waals surface area contributed by atoms with Gasteiger partial charge in [0.05, 0.1) is 15.7 Å². The van der Waals surface area contributed by atoms with Gasteiger partial charge in [-0.3, -0.25) is 0 Å². The first-order chi connectivity index (χ1) is 12.6. The number of aromatic nitrogens is 2. The van der Waals surface area contributed by atoms with E-state index >= 15 is 0 Å².